The third-order valence-corrected chi connectivity index (χ3v) is 8.89. The molecule has 2 amide bonds. The lowest BCUT2D eigenvalue weighted by molar-refractivity contribution is -0.159. The van der Waals surface area contributed by atoms with Gasteiger partial charge in [-0.1, -0.05) is 51.1 Å². The fourth-order valence-corrected chi connectivity index (χ4v) is 6.59. The Kier molecular flexibility index (Phi) is 7.63. The van der Waals surface area contributed by atoms with E-state index in [9.17, 15) is 19.5 Å². The molecule has 3 aliphatic heterocycles. The highest BCUT2D eigenvalue weighted by Gasteiger charge is 2.57. The van der Waals surface area contributed by atoms with E-state index in [0.717, 1.165) is 25.3 Å². The summed E-state index contributed by atoms with van der Waals surface area (Å²) in [5.74, 6) is -1.60. The average molecular weight is 550 g/mol. The van der Waals surface area contributed by atoms with E-state index in [0.29, 0.717) is 35.6 Å². The van der Waals surface area contributed by atoms with Gasteiger partial charge in [-0.15, -0.1) is 0 Å². The molecule has 0 aromatic heterocycles. The summed E-state index contributed by atoms with van der Waals surface area (Å²) in [7, 11) is 0. The zero-order chi connectivity index (χ0) is 28.7. The molecule has 3 aliphatic rings. The number of hydrogen-bond donors (Lipinski definition) is 2. The fourth-order valence-electron chi connectivity index (χ4n) is 6.59. The van der Waals surface area contributed by atoms with Crippen LogP contribution < -0.4 is 10.5 Å². The summed E-state index contributed by atoms with van der Waals surface area (Å²) in [5, 5.41) is 10.4. The third kappa shape index (κ3) is 5.08. The molecular weight excluding hydrogens is 510 g/mol. The molecule has 2 aromatic carbocycles. The Morgan fingerprint density at radius 2 is 1.70 bits per heavy atom. The number of morpholine rings is 1. The van der Waals surface area contributed by atoms with Gasteiger partial charge in [0, 0.05) is 36.2 Å². The van der Waals surface area contributed by atoms with E-state index in [-0.39, 0.29) is 25.3 Å². The van der Waals surface area contributed by atoms with E-state index in [2.05, 4.69) is 29.2 Å². The number of carbonyl (C=O) groups is 3. The molecule has 2 saturated heterocycles. The maximum Gasteiger partial charge on any atom is 0.330 e. The molecule has 0 aliphatic carbocycles. The SMILES string of the molecule is CC(C)(C)C(CCC(N)=O)(C(=O)O)N1Cc2c(OCc3ccc(CN4C5CCC4COC5)cc3)cccc2C1=O. The fraction of sp³-hybridized carbons (Fsp3) is 0.516. The summed E-state index contributed by atoms with van der Waals surface area (Å²) in [6, 6.07) is 14.7. The van der Waals surface area contributed by atoms with Gasteiger partial charge in [-0.05, 0) is 47.9 Å². The molecule has 40 heavy (non-hydrogen) atoms. The first-order valence-electron chi connectivity index (χ1n) is 14.0. The Labute approximate surface area is 235 Å². The Morgan fingerprint density at radius 3 is 2.30 bits per heavy atom. The number of benzene rings is 2. The lowest BCUT2D eigenvalue weighted by atomic mass is 9.69. The maximum atomic E-state index is 13.6. The van der Waals surface area contributed by atoms with E-state index in [1.54, 1.807) is 39.0 Å². The summed E-state index contributed by atoms with van der Waals surface area (Å²) < 4.78 is 11.9. The van der Waals surface area contributed by atoms with Crippen molar-refractivity contribution < 1.29 is 29.0 Å². The van der Waals surface area contributed by atoms with Crippen molar-refractivity contribution in [3.8, 4) is 5.75 Å². The van der Waals surface area contributed by atoms with Crippen LogP contribution in [0.15, 0.2) is 42.5 Å². The van der Waals surface area contributed by atoms with Crippen molar-refractivity contribution in [2.24, 2.45) is 11.1 Å². The van der Waals surface area contributed by atoms with Crippen LogP contribution in [0.2, 0.25) is 0 Å². The van der Waals surface area contributed by atoms with Crippen molar-refractivity contribution in [3.05, 3.63) is 64.7 Å². The number of nitrogens with zero attached hydrogens (tertiary/aromatic N) is 2. The number of carbonyl (C=O) groups excluding carboxylic acids is 2. The molecule has 2 fully saturated rings. The molecule has 2 aromatic rings. The van der Waals surface area contributed by atoms with Gasteiger partial charge in [0.15, 0.2) is 0 Å². The van der Waals surface area contributed by atoms with Crippen LogP contribution in [0.4, 0.5) is 0 Å². The Hall–Kier alpha value is -3.43. The quantitative estimate of drug-likeness (QED) is 0.463. The monoisotopic (exact) mass is 549 g/mol. The van der Waals surface area contributed by atoms with Gasteiger partial charge < -0.3 is 25.2 Å². The van der Waals surface area contributed by atoms with Gasteiger partial charge in [-0.2, -0.15) is 0 Å². The molecule has 5 rings (SSSR count). The molecule has 9 heteroatoms. The number of fused-ring (bicyclic) bond motifs is 3. The van der Waals surface area contributed by atoms with E-state index in [1.807, 2.05) is 0 Å². The minimum absolute atomic E-state index is 0.0740. The number of nitrogens with two attached hydrogens (primary N) is 1. The van der Waals surface area contributed by atoms with Crippen molar-refractivity contribution in [2.45, 2.75) is 83.8 Å². The smallest absolute Gasteiger partial charge is 0.330 e. The molecule has 3 atom stereocenters. The number of rotatable bonds is 10. The maximum absolute atomic E-state index is 13.6. The van der Waals surface area contributed by atoms with Gasteiger partial charge in [-0.25, -0.2) is 4.79 Å². The number of carboxylic acids is 1. The van der Waals surface area contributed by atoms with Crippen molar-refractivity contribution in [1.82, 2.24) is 9.80 Å². The molecule has 214 valence electrons. The zero-order valence-electron chi connectivity index (χ0n) is 23.5. The van der Waals surface area contributed by atoms with E-state index in [4.69, 9.17) is 15.2 Å². The van der Waals surface area contributed by atoms with Crippen LogP contribution >= 0.6 is 0 Å². The molecule has 0 saturated carbocycles. The van der Waals surface area contributed by atoms with E-state index >= 15 is 0 Å². The number of hydrogen-bond acceptors (Lipinski definition) is 6. The van der Waals surface area contributed by atoms with Crippen molar-refractivity contribution >= 4 is 17.8 Å². The third-order valence-electron chi connectivity index (χ3n) is 8.89. The predicted octanol–water partition coefficient (Wildman–Crippen LogP) is 3.72. The largest absolute Gasteiger partial charge is 0.489 e. The Balaban J connectivity index is 1.30. The van der Waals surface area contributed by atoms with E-state index < -0.39 is 22.8 Å². The number of primary amides is 1. The molecule has 0 radical (unpaired) electrons. The predicted molar refractivity (Wildman–Crippen MR) is 149 cm³/mol. The number of aliphatic carboxylic acids is 1. The molecule has 9 nitrogen and oxygen atoms in total. The van der Waals surface area contributed by atoms with Gasteiger partial charge in [0.05, 0.1) is 19.8 Å². The van der Waals surface area contributed by atoms with Crippen LogP contribution in [0.5, 0.6) is 5.75 Å². The van der Waals surface area contributed by atoms with Crippen molar-refractivity contribution in [3.63, 3.8) is 0 Å². The lowest BCUT2D eigenvalue weighted by Gasteiger charge is -2.47. The zero-order valence-corrected chi connectivity index (χ0v) is 23.5. The number of amides is 2. The first-order valence-corrected chi connectivity index (χ1v) is 14.0. The first-order chi connectivity index (χ1) is 19.0. The summed E-state index contributed by atoms with van der Waals surface area (Å²) in [6.45, 7) is 8.25. The molecule has 3 N–H and O–H groups in total. The summed E-state index contributed by atoms with van der Waals surface area (Å²) in [4.78, 5) is 41.9. The topological polar surface area (TPSA) is 122 Å². The second-order valence-corrected chi connectivity index (χ2v) is 12.3. The van der Waals surface area contributed by atoms with Gasteiger partial charge in [0.2, 0.25) is 5.91 Å². The standard InChI is InChI=1S/C31H39N3O6/c1-30(2,3)31(29(37)38,14-13-27(32)35)34-16-25-24(28(34)36)5-4-6-26(25)40-17-21-9-7-20(8-10-21)15-33-22-11-12-23(33)19-39-18-22/h4-10,22-23H,11-19H2,1-3H3,(H2,32,35)(H,37,38). The summed E-state index contributed by atoms with van der Waals surface area (Å²) >= 11 is 0. The average Bonchev–Trinajstić information content (AvgIpc) is 3.33. The minimum atomic E-state index is -1.62. The van der Waals surface area contributed by atoms with Crippen molar-refractivity contribution in [2.75, 3.05) is 13.2 Å². The first kappa shape index (κ1) is 28.1. The van der Waals surface area contributed by atoms with Gasteiger partial charge in [0.1, 0.15) is 17.9 Å². The second kappa shape index (κ2) is 10.9. The van der Waals surface area contributed by atoms with Crippen LogP contribution in [0.1, 0.15) is 73.5 Å². The van der Waals surface area contributed by atoms with Gasteiger partial charge in [-0.3, -0.25) is 14.5 Å². The highest BCUT2D eigenvalue weighted by Crippen LogP contribution is 2.45. The highest BCUT2D eigenvalue weighted by atomic mass is 16.5. The number of ether oxygens (including phenoxy) is 2. The van der Waals surface area contributed by atoms with Crippen LogP contribution in [-0.2, 0) is 34.0 Å². The van der Waals surface area contributed by atoms with Gasteiger partial charge >= 0.3 is 5.97 Å². The van der Waals surface area contributed by atoms with Crippen molar-refractivity contribution in [1.29, 1.82) is 0 Å². The van der Waals surface area contributed by atoms with Crippen LogP contribution in [0.25, 0.3) is 0 Å². The molecule has 2 bridgehead atoms. The molecule has 3 heterocycles. The molecular formula is C31H39N3O6. The van der Waals surface area contributed by atoms with Crippen LogP contribution in [0.3, 0.4) is 0 Å². The Bertz CT molecular complexity index is 1270. The van der Waals surface area contributed by atoms with Crippen LogP contribution in [0, 0.1) is 5.41 Å². The Morgan fingerprint density at radius 1 is 1.05 bits per heavy atom. The minimum Gasteiger partial charge on any atom is -0.489 e. The second-order valence-electron chi connectivity index (χ2n) is 12.3. The summed E-state index contributed by atoms with van der Waals surface area (Å²) in [6.07, 6.45) is 2.18. The van der Waals surface area contributed by atoms with Crippen LogP contribution in [-0.4, -0.2) is 63.5 Å². The molecule has 3 unspecified atom stereocenters. The van der Waals surface area contributed by atoms with E-state index in [1.165, 1.54) is 23.3 Å². The lowest BCUT2D eigenvalue weighted by Crippen LogP contribution is -2.62. The highest BCUT2D eigenvalue weighted by molar-refractivity contribution is 6.02. The normalized spacial score (nSPS) is 22.2. The molecule has 0 spiro atoms. The summed E-state index contributed by atoms with van der Waals surface area (Å²) in [5.41, 5.74) is 6.23. The van der Waals surface area contributed by atoms with Gasteiger partial charge in [0.25, 0.3) is 5.91 Å². The number of carboxylic acid groups (broad SMARTS) is 1.